The Balaban J connectivity index is 1.69. The first kappa shape index (κ1) is 19.3. The zero-order valence-electron chi connectivity index (χ0n) is 17.1. The van der Waals surface area contributed by atoms with Crippen molar-refractivity contribution in [1.82, 2.24) is 24.6 Å². The quantitative estimate of drug-likeness (QED) is 0.550. The van der Waals surface area contributed by atoms with Gasteiger partial charge in [0.25, 0.3) is 5.91 Å². The van der Waals surface area contributed by atoms with Crippen LogP contribution in [0.3, 0.4) is 0 Å². The minimum Gasteiger partial charge on any atom is -0.392 e. The molecule has 1 N–H and O–H groups in total. The number of hydrogen-bond donors (Lipinski definition) is 1. The van der Waals surface area contributed by atoms with Gasteiger partial charge >= 0.3 is 0 Å². The van der Waals surface area contributed by atoms with E-state index >= 15 is 0 Å². The minimum absolute atomic E-state index is 0.0952. The molecule has 1 aliphatic rings. The number of aliphatic hydroxyl groups excluding tert-OH is 1. The second-order valence-electron chi connectivity index (χ2n) is 7.64. The van der Waals surface area contributed by atoms with Crippen LogP contribution in [0, 0.1) is 5.82 Å². The van der Waals surface area contributed by atoms with E-state index in [9.17, 15) is 14.3 Å². The van der Waals surface area contributed by atoms with Crippen LogP contribution in [0.15, 0.2) is 42.9 Å². The molecule has 156 valence electrons. The largest absolute Gasteiger partial charge is 0.392 e. The van der Waals surface area contributed by atoms with E-state index in [1.54, 1.807) is 48.7 Å². The van der Waals surface area contributed by atoms with Gasteiger partial charge in [-0.2, -0.15) is 5.10 Å². The summed E-state index contributed by atoms with van der Waals surface area (Å²) in [6.07, 6.45) is 3.33. The summed E-state index contributed by atoms with van der Waals surface area (Å²) >= 11 is 0. The first-order valence-electron chi connectivity index (χ1n) is 10.0. The summed E-state index contributed by atoms with van der Waals surface area (Å²) in [7, 11) is 1.72. The Morgan fingerprint density at radius 3 is 2.74 bits per heavy atom. The maximum Gasteiger partial charge on any atom is 0.254 e. The fourth-order valence-electron chi connectivity index (χ4n) is 4.15. The van der Waals surface area contributed by atoms with Gasteiger partial charge in [-0.1, -0.05) is 6.07 Å². The number of aryl methyl sites for hydroxylation is 1. The van der Waals surface area contributed by atoms with Crippen molar-refractivity contribution in [1.29, 1.82) is 0 Å². The fourth-order valence-corrected chi connectivity index (χ4v) is 4.15. The number of amides is 1. The van der Waals surface area contributed by atoms with Crippen molar-refractivity contribution in [3.05, 3.63) is 65.4 Å². The van der Waals surface area contributed by atoms with Crippen molar-refractivity contribution in [3.8, 4) is 22.3 Å². The van der Waals surface area contributed by atoms with E-state index in [2.05, 4.69) is 15.2 Å². The van der Waals surface area contributed by atoms with Crippen LogP contribution in [0.5, 0.6) is 0 Å². The van der Waals surface area contributed by atoms with E-state index in [0.717, 1.165) is 16.7 Å². The summed E-state index contributed by atoms with van der Waals surface area (Å²) < 4.78 is 16.9. The number of aromatic nitrogens is 4. The van der Waals surface area contributed by atoms with Gasteiger partial charge in [0.05, 0.1) is 19.1 Å². The van der Waals surface area contributed by atoms with Gasteiger partial charge in [-0.05, 0) is 53.4 Å². The fraction of sp³-hybridized carbons (Fsp3) is 0.217. The third kappa shape index (κ3) is 2.98. The van der Waals surface area contributed by atoms with E-state index in [-0.39, 0.29) is 12.5 Å². The maximum atomic E-state index is 15.0. The molecular formula is C23H20FN5O2. The number of benzene rings is 2. The second kappa shape index (κ2) is 7.24. The van der Waals surface area contributed by atoms with Crippen LogP contribution in [0.4, 0.5) is 4.39 Å². The summed E-state index contributed by atoms with van der Waals surface area (Å²) in [6, 6.07) is 8.29. The number of rotatable bonds is 4. The Kier molecular flexibility index (Phi) is 4.51. The zero-order valence-corrected chi connectivity index (χ0v) is 17.1. The lowest BCUT2D eigenvalue weighted by atomic mass is 9.92. The van der Waals surface area contributed by atoms with Crippen LogP contribution in [0.2, 0.25) is 0 Å². The summed E-state index contributed by atoms with van der Waals surface area (Å²) in [6.45, 7) is 2.87. The van der Waals surface area contributed by atoms with E-state index in [1.165, 1.54) is 6.07 Å². The van der Waals surface area contributed by atoms with Crippen molar-refractivity contribution in [2.24, 2.45) is 0 Å². The molecule has 5 rings (SSSR count). The topological polar surface area (TPSA) is 84.1 Å². The van der Waals surface area contributed by atoms with Crippen LogP contribution in [0.25, 0.3) is 33.4 Å². The number of hydrogen-bond acceptors (Lipinski definition) is 5. The highest BCUT2D eigenvalue weighted by molar-refractivity contribution is 5.99. The number of imidazole rings is 1. The highest BCUT2D eigenvalue weighted by Crippen LogP contribution is 2.36. The van der Waals surface area contributed by atoms with Gasteiger partial charge in [-0.15, -0.1) is 5.10 Å². The molecule has 0 saturated carbocycles. The lowest BCUT2D eigenvalue weighted by molar-refractivity contribution is 0.0816. The lowest BCUT2D eigenvalue weighted by Crippen LogP contribution is -2.17. The molecule has 0 radical (unpaired) electrons. The molecule has 3 heterocycles. The van der Waals surface area contributed by atoms with E-state index in [4.69, 9.17) is 0 Å². The maximum absolute atomic E-state index is 15.0. The van der Waals surface area contributed by atoms with Crippen molar-refractivity contribution in [2.75, 3.05) is 7.05 Å². The Morgan fingerprint density at radius 1 is 1.13 bits per heavy atom. The van der Waals surface area contributed by atoms with E-state index < -0.39 is 5.82 Å². The Morgan fingerprint density at radius 2 is 1.97 bits per heavy atom. The van der Waals surface area contributed by atoms with Crippen LogP contribution in [0.1, 0.15) is 28.4 Å². The third-order valence-corrected chi connectivity index (χ3v) is 5.80. The van der Waals surface area contributed by atoms with Crippen LogP contribution in [-0.4, -0.2) is 42.7 Å². The third-order valence-electron chi connectivity index (χ3n) is 5.80. The predicted octanol–water partition coefficient (Wildman–Crippen LogP) is 3.40. The molecule has 31 heavy (non-hydrogen) atoms. The smallest absolute Gasteiger partial charge is 0.254 e. The van der Waals surface area contributed by atoms with Crippen molar-refractivity contribution in [2.45, 2.75) is 26.6 Å². The molecule has 7 nitrogen and oxygen atoms in total. The number of nitrogens with zero attached hydrogens (tertiary/aromatic N) is 5. The lowest BCUT2D eigenvalue weighted by Gasteiger charge is -2.13. The Hall–Kier alpha value is -3.65. The van der Waals surface area contributed by atoms with Gasteiger partial charge in [-0.3, -0.25) is 4.79 Å². The van der Waals surface area contributed by atoms with Gasteiger partial charge < -0.3 is 14.6 Å². The molecule has 0 atom stereocenters. The van der Waals surface area contributed by atoms with Gasteiger partial charge in [0.2, 0.25) is 0 Å². The molecule has 0 unspecified atom stereocenters. The average molecular weight is 417 g/mol. The molecule has 2 aromatic carbocycles. The monoisotopic (exact) mass is 417 g/mol. The molecule has 0 bridgehead atoms. The van der Waals surface area contributed by atoms with Crippen molar-refractivity contribution < 1.29 is 14.3 Å². The Labute approximate surface area is 177 Å². The molecule has 1 aliphatic heterocycles. The number of halogens is 1. The molecule has 0 spiro atoms. The van der Waals surface area contributed by atoms with Gasteiger partial charge in [0.1, 0.15) is 11.3 Å². The van der Waals surface area contributed by atoms with E-state index in [0.29, 0.717) is 46.5 Å². The number of carbonyl (C=O) groups is 1. The van der Waals surface area contributed by atoms with Gasteiger partial charge in [0.15, 0.2) is 5.65 Å². The summed E-state index contributed by atoms with van der Waals surface area (Å²) in [4.78, 5) is 18.4. The van der Waals surface area contributed by atoms with E-state index in [1.807, 2.05) is 11.5 Å². The summed E-state index contributed by atoms with van der Waals surface area (Å²) in [5.74, 6) is -0.504. The van der Waals surface area contributed by atoms with Crippen LogP contribution >= 0.6 is 0 Å². The molecule has 4 aromatic rings. The SMILES string of the molecule is CCn1cnc2c(-c3ccc(F)c(-c4cc5c(cc4CO)C(=O)N(C)C5)c3)cnnc21. The number of carbonyl (C=O) groups excluding carboxylic acids is 1. The summed E-state index contributed by atoms with van der Waals surface area (Å²) in [5.41, 5.74) is 5.66. The van der Waals surface area contributed by atoms with Crippen LogP contribution in [-0.2, 0) is 19.7 Å². The Bertz CT molecular complexity index is 1350. The second-order valence-corrected chi connectivity index (χ2v) is 7.64. The molecule has 0 aliphatic carbocycles. The average Bonchev–Trinajstić information content (AvgIpc) is 3.33. The van der Waals surface area contributed by atoms with Gasteiger partial charge in [-0.25, -0.2) is 9.37 Å². The molecular weight excluding hydrogens is 397 g/mol. The zero-order chi connectivity index (χ0) is 21.7. The normalized spacial score (nSPS) is 13.3. The van der Waals surface area contributed by atoms with Crippen LogP contribution < -0.4 is 0 Å². The highest BCUT2D eigenvalue weighted by Gasteiger charge is 2.27. The molecule has 1 amide bonds. The number of fused-ring (bicyclic) bond motifs is 2. The molecule has 0 saturated heterocycles. The number of aliphatic hydroxyl groups is 1. The van der Waals surface area contributed by atoms with Crippen molar-refractivity contribution in [3.63, 3.8) is 0 Å². The van der Waals surface area contributed by atoms with Gasteiger partial charge in [0, 0.05) is 36.8 Å². The highest BCUT2D eigenvalue weighted by atomic mass is 19.1. The minimum atomic E-state index is -0.409. The molecule has 2 aromatic heterocycles. The summed E-state index contributed by atoms with van der Waals surface area (Å²) in [5, 5.41) is 18.2. The first-order chi connectivity index (χ1) is 15.0. The standard InChI is InChI=1S/C23H20FN5O2/c1-3-29-12-25-21-19(9-26-27-22(21)29)13-4-5-20(24)18(6-13)16-7-14-10-28(2)23(31)17(14)8-15(16)11-30/h4-9,12,30H,3,10-11H2,1-2H3. The predicted molar refractivity (Wildman–Crippen MR) is 114 cm³/mol. The molecule has 0 fully saturated rings. The first-order valence-corrected chi connectivity index (χ1v) is 10.0. The molecule has 8 heteroatoms. The van der Waals surface area contributed by atoms with Crippen molar-refractivity contribution >= 4 is 17.1 Å².